The first-order valence-corrected chi connectivity index (χ1v) is 7.65. The molecule has 1 aromatic heterocycles. The number of aliphatic hydroxyl groups excluding tert-OH is 1. The summed E-state index contributed by atoms with van der Waals surface area (Å²) in [6, 6.07) is 2.97. The predicted molar refractivity (Wildman–Crippen MR) is 79.4 cm³/mol. The van der Waals surface area contributed by atoms with Gasteiger partial charge >= 0.3 is 6.18 Å². The van der Waals surface area contributed by atoms with Crippen molar-refractivity contribution in [2.75, 3.05) is 6.54 Å². The van der Waals surface area contributed by atoms with Gasteiger partial charge in [-0.2, -0.15) is 18.3 Å². The number of hydrogen-bond acceptors (Lipinski definition) is 3. The summed E-state index contributed by atoms with van der Waals surface area (Å²) in [7, 11) is 0. The van der Waals surface area contributed by atoms with Gasteiger partial charge in [-0.15, -0.1) is 0 Å². The summed E-state index contributed by atoms with van der Waals surface area (Å²) in [6.07, 6.45) is -6.84. The third-order valence-corrected chi connectivity index (χ3v) is 4.20. The maximum absolute atomic E-state index is 14.0. The Morgan fingerprint density at radius 3 is 2.65 bits per heavy atom. The molecule has 3 rings (SSSR count). The number of hydrogen-bond donors (Lipinski definition) is 1. The molecule has 0 aliphatic carbocycles. The Hall–Kier alpha value is -2.49. The second-order valence-electron chi connectivity index (χ2n) is 6.13. The molecule has 1 aromatic carbocycles. The summed E-state index contributed by atoms with van der Waals surface area (Å²) >= 11 is 0. The second kappa shape index (κ2) is 6.35. The number of rotatable bonds is 2. The number of halogens is 5. The van der Waals surface area contributed by atoms with E-state index >= 15 is 0 Å². The zero-order chi connectivity index (χ0) is 19.2. The monoisotopic (exact) mass is 375 g/mol. The van der Waals surface area contributed by atoms with Gasteiger partial charge < -0.3 is 10.0 Å². The Bertz CT molecular complexity index is 849. The van der Waals surface area contributed by atoms with E-state index in [-0.39, 0.29) is 18.8 Å². The summed E-state index contributed by atoms with van der Waals surface area (Å²) in [5.41, 5.74) is 0.936. The first kappa shape index (κ1) is 18.3. The van der Waals surface area contributed by atoms with Gasteiger partial charge in [0.25, 0.3) is 5.91 Å². The van der Waals surface area contributed by atoms with Crippen LogP contribution in [0.15, 0.2) is 24.4 Å². The summed E-state index contributed by atoms with van der Waals surface area (Å²) in [5.74, 6) is -3.52. The van der Waals surface area contributed by atoms with Crippen molar-refractivity contribution in [3.8, 4) is 5.69 Å². The number of nitrogens with zero attached hydrogens (tertiary/aromatic N) is 3. The molecular formula is C16H14F5N3O2. The van der Waals surface area contributed by atoms with Crippen LogP contribution in [-0.2, 0) is 11.3 Å². The highest BCUT2D eigenvalue weighted by atomic mass is 19.4. The van der Waals surface area contributed by atoms with Crippen LogP contribution in [0.1, 0.15) is 24.1 Å². The number of fused-ring (bicyclic) bond motifs is 1. The van der Waals surface area contributed by atoms with E-state index in [0.717, 1.165) is 11.0 Å². The minimum Gasteiger partial charge on any atom is -0.376 e. The number of aromatic nitrogens is 2. The lowest BCUT2D eigenvalue weighted by Crippen LogP contribution is -2.48. The van der Waals surface area contributed by atoms with Crippen LogP contribution in [0.5, 0.6) is 0 Å². The van der Waals surface area contributed by atoms with E-state index in [9.17, 15) is 26.7 Å². The van der Waals surface area contributed by atoms with Gasteiger partial charge in [0, 0.05) is 30.6 Å². The van der Waals surface area contributed by atoms with Gasteiger partial charge in [0.15, 0.2) is 5.82 Å². The molecule has 140 valence electrons. The summed E-state index contributed by atoms with van der Waals surface area (Å²) in [4.78, 5) is 12.8. The van der Waals surface area contributed by atoms with Gasteiger partial charge in [-0.1, -0.05) is 6.92 Å². The molecule has 0 fully saturated rings. The third-order valence-electron chi connectivity index (χ3n) is 4.20. The van der Waals surface area contributed by atoms with E-state index in [1.165, 1.54) is 16.9 Å². The van der Waals surface area contributed by atoms with Gasteiger partial charge in [0.05, 0.1) is 11.9 Å². The number of amides is 1. The molecule has 1 amide bonds. The van der Waals surface area contributed by atoms with Gasteiger partial charge in [-0.05, 0) is 12.1 Å². The van der Waals surface area contributed by atoms with Crippen molar-refractivity contribution in [2.24, 2.45) is 0 Å². The zero-order valence-corrected chi connectivity index (χ0v) is 13.5. The average molecular weight is 375 g/mol. The minimum atomic E-state index is -5.05. The molecule has 0 saturated carbocycles. The third kappa shape index (κ3) is 3.16. The van der Waals surface area contributed by atoms with Crippen LogP contribution in [0.2, 0.25) is 0 Å². The van der Waals surface area contributed by atoms with Crippen molar-refractivity contribution >= 4 is 5.91 Å². The molecule has 5 nitrogen and oxygen atoms in total. The topological polar surface area (TPSA) is 58.4 Å². The molecule has 2 atom stereocenters. The van der Waals surface area contributed by atoms with Crippen molar-refractivity contribution < 1.29 is 31.9 Å². The van der Waals surface area contributed by atoms with Crippen molar-refractivity contribution in [3.63, 3.8) is 0 Å². The molecule has 0 spiro atoms. The maximum Gasteiger partial charge on any atom is 0.423 e. The zero-order valence-electron chi connectivity index (χ0n) is 13.5. The first-order valence-electron chi connectivity index (χ1n) is 7.65. The van der Waals surface area contributed by atoms with E-state index in [4.69, 9.17) is 5.11 Å². The molecule has 1 aliphatic rings. The van der Waals surface area contributed by atoms with Crippen LogP contribution in [0.4, 0.5) is 22.0 Å². The Kier molecular flexibility index (Phi) is 4.47. The highest BCUT2D eigenvalue weighted by Crippen LogP contribution is 2.32. The molecule has 0 bridgehead atoms. The molecule has 1 N–H and O–H groups in total. The molecule has 2 heterocycles. The normalized spacial score (nSPS) is 18.6. The van der Waals surface area contributed by atoms with Crippen LogP contribution < -0.4 is 0 Å². The van der Waals surface area contributed by atoms with E-state index in [2.05, 4.69) is 5.10 Å². The largest absolute Gasteiger partial charge is 0.423 e. The number of aliphatic hydroxyl groups is 1. The van der Waals surface area contributed by atoms with Crippen LogP contribution in [0, 0.1) is 11.6 Å². The van der Waals surface area contributed by atoms with E-state index in [1.807, 2.05) is 0 Å². The Balaban J connectivity index is 1.92. The van der Waals surface area contributed by atoms with Crippen molar-refractivity contribution in [2.45, 2.75) is 31.7 Å². The molecule has 1 aliphatic heterocycles. The lowest BCUT2D eigenvalue weighted by atomic mass is 9.97. The maximum atomic E-state index is 14.0. The number of carbonyl (C=O) groups excluding carboxylic acids is 1. The second-order valence-corrected chi connectivity index (χ2v) is 6.13. The Morgan fingerprint density at radius 2 is 2.04 bits per heavy atom. The van der Waals surface area contributed by atoms with Crippen LogP contribution >= 0.6 is 0 Å². The lowest BCUT2D eigenvalue weighted by molar-refractivity contribution is -0.211. The van der Waals surface area contributed by atoms with Crippen molar-refractivity contribution in [3.05, 3.63) is 47.3 Å². The van der Waals surface area contributed by atoms with Gasteiger partial charge in [-0.3, -0.25) is 4.79 Å². The first-order chi connectivity index (χ1) is 12.1. The van der Waals surface area contributed by atoms with Gasteiger partial charge in [0.1, 0.15) is 11.5 Å². The van der Waals surface area contributed by atoms with Crippen LogP contribution in [0.3, 0.4) is 0 Å². The Labute approximate surface area is 144 Å². The number of alkyl halides is 3. The summed E-state index contributed by atoms with van der Waals surface area (Å²) < 4.78 is 66.1. The molecule has 0 radical (unpaired) electrons. The molecule has 0 saturated heterocycles. The average Bonchev–Trinajstić information content (AvgIpc) is 2.97. The lowest BCUT2D eigenvalue weighted by Gasteiger charge is -2.33. The number of benzene rings is 1. The van der Waals surface area contributed by atoms with Crippen LogP contribution in [-0.4, -0.2) is 44.5 Å². The van der Waals surface area contributed by atoms with Crippen molar-refractivity contribution in [1.82, 2.24) is 14.7 Å². The minimum absolute atomic E-state index is 0.00500. The van der Waals surface area contributed by atoms with E-state index in [0.29, 0.717) is 17.3 Å². The van der Waals surface area contributed by atoms with E-state index < -0.39 is 35.7 Å². The van der Waals surface area contributed by atoms with Crippen molar-refractivity contribution in [1.29, 1.82) is 0 Å². The molecule has 2 aromatic rings. The number of carbonyl (C=O) groups is 1. The highest BCUT2D eigenvalue weighted by molar-refractivity contribution is 5.81. The van der Waals surface area contributed by atoms with Gasteiger partial charge in [-0.25, -0.2) is 13.5 Å². The molecule has 2 unspecified atom stereocenters. The molecular weight excluding hydrogens is 361 g/mol. The fraction of sp³-hybridized carbons (Fsp3) is 0.375. The smallest absolute Gasteiger partial charge is 0.376 e. The van der Waals surface area contributed by atoms with Crippen LogP contribution in [0.25, 0.3) is 5.69 Å². The van der Waals surface area contributed by atoms with E-state index in [1.54, 1.807) is 6.92 Å². The Morgan fingerprint density at radius 1 is 1.35 bits per heavy atom. The quantitative estimate of drug-likeness (QED) is 0.821. The standard InChI is InChI=1S/C16H14F5N3O2/c1-8-6-23(15(26)14(25)16(19,20)21)7-9-5-22-24(13(8)9)12-3-2-10(17)4-11(12)18/h2-5,8,14,25H,6-7H2,1H3. The highest BCUT2D eigenvalue weighted by Gasteiger charge is 2.46. The fourth-order valence-corrected chi connectivity index (χ4v) is 3.05. The van der Waals surface area contributed by atoms with Gasteiger partial charge in [0.2, 0.25) is 6.10 Å². The fourth-order valence-electron chi connectivity index (χ4n) is 3.05. The summed E-state index contributed by atoms with van der Waals surface area (Å²) in [6.45, 7) is 1.33. The predicted octanol–water partition coefficient (Wildman–Crippen LogP) is 2.52. The molecule has 26 heavy (non-hydrogen) atoms. The molecule has 10 heteroatoms. The SMILES string of the molecule is CC1CN(C(=O)C(O)C(F)(F)F)Cc2cnn(-c3ccc(F)cc3F)c21. The summed E-state index contributed by atoms with van der Waals surface area (Å²) in [5, 5.41) is 13.2.